The number of hydrogen-bond donors (Lipinski definition) is 1. The molecule has 0 radical (unpaired) electrons. The lowest BCUT2D eigenvalue weighted by Crippen LogP contribution is -2.23. The normalized spacial score (nSPS) is 12.3. The third-order valence-corrected chi connectivity index (χ3v) is 4.44. The maximum atomic E-state index is 6.28. The number of halogens is 2. The van der Waals surface area contributed by atoms with Gasteiger partial charge in [0.15, 0.2) is 5.82 Å². The fraction of sp³-hybridized carbons (Fsp3) is 0.263. The van der Waals surface area contributed by atoms with Crippen LogP contribution in [0.15, 0.2) is 53.1 Å². The van der Waals surface area contributed by atoms with Gasteiger partial charge in [-0.05, 0) is 29.7 Å². The largest absolute Gasteiger partial charge is 0.339 e. The summed E-state index contributed by atoms with van der Waals surface area (Å²) in [5.74, 6) is 1.28. The van der Waals surface area contributed by atoms with Gasteiger partial charge in [0.25, 0.3) is 0 Å². The molecule has 0 spiro atoms. The number of aromatic nitrogens is 2. The van der Waals surface area contributed by atoms with E-state index in [1.807, 2.05) is 42.5 Å². The molecule has 0 saturated carbocycles. The summed E-state index contributed by atoms with van der Waals surface area (Å²) in [6.45, 7) is 2.65. The van der Waals surface area contributed by atoms with Crippen LogP contribution in [0.2, 0.25) is 10.0 Å². The van der Waals surface area contributed by atoms with Gasteiger partial charge in [-0.3, -0.25) is 5.32 Å². The fourth-order valence-corrected chi connectivity index (χ4v) is 3.06. The SMILES string of the molecule is CCCc1nc(C(NCc2ccc(Cl)cc2Cl)c2ccccc2)no1. The van der Waals surface area contributed by atoms with Crippen molar-refractivity contribution in [3.05, 3.63) is 81.4 Å². The van der Waals surface area contributed by atoms with Crippen LogP contribution in [-0.4, -0.2) is 10.1 Å². The van der Waals surface area contributed by atoms with Crippen molar-refractivity contribution in [2.45, 2.75) is 32.4 Å². The Hall–Kier alpha value is -1.88. The molecule has 2 aromatic carbocycles. The average Bonchev–Trinajstić information content (AvgIpc) is 3.06. The first-order chi connectivity index (χ1) is 12.2. The summed E-state index contributed by atoms with van der Waals surface area (Å²) in [6, 6.07) is 15.4. The van der Waals surface area contributed by atoms with Crippen LogP contribution in [0.1, 0.15) is 42.2 Å². The van der Waals surface area contributed by atoms with E-state index < -0.39 is 0 Å². The van der Waals surface area contributed by atoms with Gasteiger partial charge in [0.05, 0.1) is 6.04 Å². The van der Waals surface area contributed by atoms with Gasteiger partial charge in [-0.15, -0.1) is 0 Å². The van der Waals surface area contributed by atoms with Crippen molar-refractivity contribution >= 4 is 23.2 Å². The summed E-state index contributed by atoms with van der Waals surface area (Å²) < 4.78 is 5.35. The molecule has 0 fully saturated rings. The van der Waals surface area contributed by atoms with Gasteiger partial charge in [0, 0.05) is 23.0 Å². The highest BCUT2D eigenvalue weighted by Gasteiger charge is 2.20. The van der Waals surface area contributed by atoms with E-state index in [0.717, 1.165) is 24.0 Å². The zero-order valence-electron chi connectivity index (χ0n) is 13.9. The zero-order valence-corrected chi connectivity index (χ0v) is 15.4. The lowest BCUT2D eigenvalue weighted by atomic mass is 10.1. The van der Waals surface area contributed by atoms with Crippen LogP contribution in [-0.2, 0) is 13.0 Å². The van der Waals surface area contributed by atoms with Gasteiger partial charge in [-0.25, -0.2) is 0 Å². The predicted molar refractivity (Wildman–Crippen MR) is 99.9 cm³/mol. The smallest absolute Gasteiger partial charge is 0.226 e. The Morgan fingerprint density at radius 2 is 1.92 bits per heavy atom. The summed E-state index contributed by atoms with van der Waals surface area (Å²) in [5, 5.41) is 8.88. The Morgan fingerprint density at radius 1 is 1.12 bits per heavy atom. The highest BCUT2D eigenvalue weighted by Crippen LogP contribution is 2.24. The Bertz CT molecular complexity index is 821. The zero-order chi connectivity index (χ0) is 17.6. The molecule has 130 valence electrons. The van der Waals surface area contributed by atoms with E-state index in [1.165, 1.54) is 0 Å². The summed E-state index contributed by atoms with van der Waals surface area (Å²) in [5.41, 5.74) is 2.03. The van der Waals surface area contributed by atoms with Gasteiger partial charge in [0.1, 0.15) is 0 Å². The number of aryl methyl sites for hydroxylation is 1. The molecule has 0 aliphatic rings. The predicted octanol–water partition coefficient (Wildman–Crippen LogP) is 5.21. The molecular formula is C19H19Cl2N3O. The average molecular weight is 376 g/mol. The molecule has 1 atom stereocenters. The van der Waals surface area contributed by atoms with Crippen LogP contribution < -0.4 is 5.32 Å². The van der Waals surface area contributed by atoms with E-state index >= 15 is 0 Å². The Morgan fingerprint density at radius 3 is 2.64 bits per heavy atom. The number of hydrogen-bond acceptors (Lipinski definition) is 4. The van der Waals surface area contributed by atoms with Crippen molar-refractivity contribution in [1.29, 1.82) is 0 Å². The second-order valence-electron chi connectivity index (χ2n) is 5.76. The highest BCUT2D eigenvalue weighted by atomic mass is 35.5. The number of benzene rings is 2. The summed E-state index contributed by atoms with van der Waals surface area (Å²) >= 11 is 12.2. The van der Waals surface area contributed by atoms with Crippen LogP contribution in [0, 0.1) is 0 Å². The molecule has 3 aromatic rings. The van der Waals surface area contributed by atoms with E-state index in [1.54, 1.807) is 6.07 Å². The van der Waals surface area contributed by atoms with Crippen molar-refractivity contribution in [3.63, 3.8) is 0 Å². The van der Waals surface area contributed by atoms with Crippen molar-refractivity contribution in [3.8, 4) is 0 Å². The van der Waals surface area contributed by atoms with Crippen molar-refractivity contribution in [2.75, 3.05) is 0 Å². The molecule has 25 heavy (non-hydrogen) atoms. The maximum absolute atomic E-state index is 6.28. The maximum Gasteiger partial charge on any atom is 0.226 e. The summed E-state index contributed by atoms with van der Waals surface area (Å²) in [6.07, 6.45) is 1.74. The van der Waals surface area contributed by atoms with E-state index in [4.69, 9.17) is 27.7 Å². The molecule has 0 aliphatic carbocycles. The standard InChI is InChI=1S/C19H19Cl2N3O/c1-2-6-17-23-19(24-25-17)18(13-7-4-3-5-8-13)22-12-14-9-10-15(20)11-16(14)21/h3-5,7-11,18,22H,2,6,12H2,1H3. The molecule has 1 N–H and O–H groups in total. The molecule has 1 heterocycles. The second-order valence-corrected chi connectivity index (χ2v) is 6.60. The first-order valence-electron chi connectivity index (χ1n) is 8.22. The lowest BCUT2D eigenvalue weighted by molar-refractivity contribution is 0.367. The van der Waals surface area contributed by atoms with Crippen LogP contribution in [0.25, 0.3) is 0 Å². The number of nitrogens with one attached hydrogen (secondary N) is 1. The third kappa shape index (κ3) is 4.60. The summed E-state index contributed by atoms with van der Waals surface area (Å²) in [7, 11) is 0. The van der Waals surface area contributed by atoms with Gasteiger partial charge in [0.2, 0.25) is 5.89 Å². The van der Waals surface area contributed by atoms with E-state index in [9.17, 15) is 0 Å². The topological polar surface area (TPSA) is 51.0 Å². The van der Waals surface area contributed by atoms with Crippen LogP contribution in [0.3, 0.4) is 0 Å². The number of rotatable bonds is 7. The molecule has 0 saturated heterocycles. The van der Waals surface area contributed by atoms with E-state index in [2.05, 4.69) is 22.4 Å². The van der Waals surface area contributed by atoms with Crippen molar-refractivity contribution in [2.24, 2.45) is 0 Å². The lowest BCUT2D eigenvalue weighted by Gasteiger charge is -2.16. The van der Waals surface area contributed by atoms with Crippen molar-refractivity contribution in [1.82, 2.24) is 15.5 Å². The van der Waals surface area contributed by atoms with Crippen LogP contribution in [0.4, 0.5) is 0 Å². The van der Waals surface area contributed by atoms with Crippen LogP contribution in [0.5, 0.6) is 0 Å². The minimum Gasteiger partial charge on any atom is -0.339 e. The van der Waals surface area contributed by atoms with Gasteiger partial charge < -0.3 is 4.52 Å². The first-order valence-corrected chi connectivity index (χ1v) is 8.97. The number of nitrogens with zero attached hydrogens (tertiary/aromatic N) is 2. The summed E-state index contributed by atoms with van der Waals surface area (Å²) in [4.78, 5) is 4.53. The van der Waals surface area contributed by atoms with Gasteiger partial charge in [-0.1, -0.05) is 71.7 Å². The van der Waals surface area contributed by atoms with Gasteiger partial charge in [-0.2, -0.15) is 4.98 Å². The van der Waals surface area contributed by atoms with Crippen molar-refractivity contribution < 1.29 is 4.52 Å². The second kappa shape index (κ2) is 8.48. The molecule has 0 bridgehead atoms. The van der Waals surface area contributed by atoms with E-state index in [0.29, 0.717) is 28.3 Å². The molecule has 3 rings (SSSR count). The quantitative estimate of drug-likeness (QED) is 0.615. The highest BCUT2D eigenvalue weighted by molar-refractivity contribution is 6.35. The molecular weight excluding hydrogens is 357 g/mol. The van der Waals surface area contributed by atoms with E-state index in [-0.39, 0.29) is 6.04 Å². The van der Waals surface area contributed by atoms with Crippen LogP contribution >= 0.6 is 23.2 Å². The minimum absolute atomic E-state index is 0.178. The first kappa shape index (κ1) is 17.9. The molecule has 6 heteroatoms. The molecule has 0 amide bonds. The Labute approximate surface area is 157 Å². The Kier molecular flexibility index (Phi) is 6.08. The molecule has 0 aliphatic heterocycles. The monoisotopic (exact) mass is 375 g/mol. The molecule has 1 aromatic heterocycles. The minimum atomic E-state index is -0.178. The Balaban J connectivity index is 1.83. The fourth-order valence-electron chi connectivity index (χ4n) is 2.58. The molecule has 1 unspecified atom stereocenters. The third-order valence-electron chi connectivity index (χ3n) is 3.85. The molecule has 4 nitrogen and oxygen atoms in total. The van der Waals surface area contributed by atoms with Gasteiger partial charge >= 0.3 is 0 Å².